The average molecular weight is 431 g/mol. The van der Waals surface area contributed by atoms with E-state index in [2.05, 4.69) is 39.6 Å². The zero-order chi connectivity index (χ0) is 21.6. The number of rotatable bonds is 8. The Labute approximate surface area is 186 Å². The highest BCUT2D eigenvalue weighted by Gasteiger charge is 2.20. The molecule has 1 saturated heterocycles. The highest BCUT2D eigenvalue weighted by Crippen LogP contribution is 2.24. The number of para-hydroxylation sites is 1. The molecule has 6 nitrogen and oxygen atoms in total. The fourth-order valence-electron chi connectivity index (χ4n) is 3.59. The summed E-state index contributed by atoms with van der Waals surface area (Å²) in [5.41, 5.74) is 3.23. The summed E-state index contributed by atoms with van der Waals surface area (Å²) in [6.45, 7) is 1.54. The van der Waals surface area contributed by atoms with E-state index in [1.807, 2.05) is 30.3 Å². The molecule has 0 bridgehead atoms. The Balaban J connectivity index is 1.33. The molecule has 0 radical (unpaired) electrons. The van der Waals surface area contributed by atoms with Crippen molar-refractivity contribution >= 4 is 40.2 Å². The van der Waals surface area contributed by atoms with Gasteiger partial charge in [0.05, 0.1) is 18.2 Å². The largest absolute Gasteiger partial charge is 0.494 e. The van der Waals surface area contributed by atoms with Crippen molar-refractivity contribution in [2.45, 2.75) is 25.8 Å². The van der Waals surface area contributed by atoms with Gasteiger partial charge in [-0.2, -0.15) is 5.26 Å². The van der Waals surface area contributed by atoms with Crippen LogP contribution in [0.15, 0.2) is 60.4 Å². The lowest BCUT2D eigenvalue weighted by Crippen LogP contribution is -2.21. The molecule has 0 aliphatic carbocycles. The van der Waals surface area contributed by atoms with Gasteiger partial charge in [-0.15, -0.1) is 0 Å². The van der Waals surface area contributed by atoms with Gasteiger partial charge in [0.1, 0.15) is 11.4 Å². The lowest BCUT2D eigenvalue weighted by Gasteiger charge is -2.07. The van der Waals surface area contributed by atoms with Gasteiger partial charge < -0.3 is 14.6 Å². The molecule has 0 saturated carbocycles. The fraction of sp³-hybridized carbons (Fsp3) is 0.208. The smallest absolute Gasteiger partial charge is 0.273 e. The zero-order valence-corrected chi connectivity index (χ0v) is 17.7. The summed E-state index contributed by atoms with van der Waals surface area (Å²) < 4.78 is 7.98. The summed E-state index contributed by atoms with van der Waals surface area (Å²) >= 11 is 5.01. The summed E-state index contributed by atoms with van der Waals surface area (Å²) in [5.74, 6) is 0.584. The molecular weight excluding hydrogens is 408 g/mol. The van der Waals surface area contributed by atoms with Crippen LogP contribution in [-0.2, 0) is 11.3 Å². The predicted molar refractivity (Wildman–Crippen MR) is 124 cm³/mol. The minimum absolute atomic E-state index is 0.205. The number of nitrogens with one attached hydrogen (secondary N) is 2. The zero-order valence-electron chi connectivity index (χ0n) is 16.9. The lowest BCUT2D eigenvalue weighted by atomic mass is 10.1. The summed E-state index contributed by atoms with van der Waals surface area (Å²) in [7, 11) is 0. The molecule has 7 heteroatoms. The number of aromatic nitrogens is 1. The standard InChI is InChI=1S/C24H22N4O2S/c25-15-17-8-10-19(11-9-17)30-13-5-1-4-12-28-16-18(20-6-2-3-7-22(20)28)14-21-23(29)27-24(31)26-21/h2-3,6-11,14,16H,1,4-5,12-13H2,(H2,26,27,29,31)/b21-14-. The van der Waals surface area contributed by atoms with Crippen molar-refractivity contribution in [1.82, 2.24) is 15.2 Å². The number of hydrogen-bond donors (Lipinski definition) is 2. The third-order valence-electron chi connectivity index (χ3n) is 5.13. The van der Waals surface area contributed by atoms with Crippen LogP contribution in [-0.4, -0.2) is 22.2 Å². The van der Waals surface area contributed by atoms with Crippen LogP contribution in [0.4, 0.5) is 0 Å². The lowest BCUT2D eigenvalue weighted by molar-refractivity contribution is -0.115. The highest BCUT2D eigenvalue weighted by atomic mass is 32.1. The molecule has 156 valence electrons. The maximum absolute atomic E-state index is 12.0. The molecule has 0 spiro atoms. The number of carbonyl (C=O) groups is 1. The Morgan fingerprint density at radius 1 is 1.06 bits per heavy atom. The Hall–Kier alpha value is -3.63. The van der Waals surface area contributed by atoms with E-state index in [4.69, 9.17) is 22.2 Å². The number of nitriles is 1. The van der Waals surface area contributed by atoms with E-state index < -0.39 is 0 Å². The fourth-order valence-corrected chi connectivity index (χ4v) is 3.79. The van der Waals surface area contributed by atoms with Crippen LogP contribution in [0, 0.1) is 11.3 Å². The van der Waals surface area contributed by atoms with Gasteiger partial charge in [-0.3, -0.25) is 10.1 Å². The number of aryl methyl sites for hydroxylation is 1. The normalized spacial score (nSPS) is 14.5. The first-order valence-corrected chi connectivity index (χ1v) is 10.6. The number of ether oxygens (including phenoxy) is 1. The van der Waals surface area contributed by atoms with Crippen LogP contribution in [0.1, 0.15) is 30.4 Å². The third-order valence-corrected chi connectivity index (χ3v) is 5.34. The van der Waals surface area contributed by atoms with E-state index in [0.29, 0.717) is 23.0 Å². The van der Waals surface area contributed by atoms with Gasteiger partial charge in [0.15, 0.2) is 5.11 Å². The van der Waals surface area contributed by atoms with E-state index in [-0.39, 0.29) is 5.91 Å². The number of amides is 1. The molecule has 0 unspecified atom stereocenters. The molecule has 2 aromatic carbocycles. The van der Waals surface area contributed by atoms with Crippen molar-refractivity contribution in [3.05, 3.63) is 71.6 Å². The molecule has 1 amide bonds. The second kappa shape index (κ2) is 9.45. The van der Waals surface area contributed by atoms with E-state index in [1.165, 1.54) is 0 Å². The van der Waals surface area contributed by atoms with Crippen molar-refractivity contribution in [3.63, 3.8) is 0 Å². The first-order valence-electron chi connectivity index (χ1n) is 10.2. The van der Waals surface area contributed by atoms with Crippen molar-refractivity contribution in [1.29, 1.82) is 5.26 Å². The Kier molecular flexibility index (Phi) is 6.29. The Morgan fingerprint density at radius 3 is 2.61 bits per heavy atom. The van der Waals surface area contributed by atoms with Crippen LogP contribution in [0.3, 0.4) is 0 Å². The number of carbonyl (C=O) groups excluding carboxylic acids is 1. The molecule has 4 rings (SSSR count). The summed E-state index contributed by atoms with van der Waals surface area (Å²) in [5, 5.41) is 15.8. The quantitative estimate of drug-likeness (QED) is 0.319. The number of benzene rings is 2. The van der Waals surface area contributed by atoms with Crippen LogP contribution in [0.25, 0.3) is 17.0 Å². The predicted octanol–water partition coefficient (Wildman–Crippen LogP) is 4.11. The first kappa shape index (κ1) is 20.6. The van der Waals surface area contributed by atoms with Gasteiger partial charge in [0.25, 0.3) is 5.91 Å². The molecule has 1 aliphatic heterocycles. The molecule has 1 fully saturated rings. The maximum Gasteiger partial charge on any atom is 0.273 e. The second-order valence-corrected chi connectivity index (χ2v) is 7.71. The summed E-state index contributed by atoms with van der Waals surface area (Å²) in [4.78, 5) is 12.0. The molecule has 31 heavy (non-hydrogen) atoms. The maximum atomic E-state index is 12.0. The molecule has 0 atom stereocenters. The molecule has 1 aromatic heterocycles. The van der Waals surface area contributed by atoms with Crippen LogP contribution in [0.5, 0.6) is 5.75 Å². The Morgan fingerprint density at radius 2 is 1.87 bits per heavy atom. The SMILES string of the molecule is N#Cc1ccc(OCCCCCn2cc(/C=C3\NC(=S)NC3=O)c3ccccc32)cc1. The number of hydrogen-bond acceptors (Lipinski definition) is 4. The molecule has 3 aromatic rings. The number of nitrogens with zero attached hydrogens (tertiary/aromatic N) is 2. The number of thiocarbonyl (C=S) groups is 1. The van der Waals surface area contributed by atoms with Gasteiger partial charge in [-0.1, -0.05) is 18.2 Å². The second-order valence-electron chi connectivity index (χ2n) is 7.31. The average Bonchev–Trinajstić information content (AvgIpc) is 3.30. The number of unbranched alkanes of at least 4 members (excludes halogenated alkanes) is 2. The van der Waals surface area contributed by atoms with Gasteiger partial charge >= 0.3 is 0 Å². The monoisotopic (exact) mass is 430 g/mol. The molecule has 2 N–H and O–H groups in total. The van der Waals surface area contributed by atoms with Crippen LogP contribution in [0.2, 0.25) is 0 Å². The summed E-state index contributed by atoms with van der Waals surface area (Å²) in [6, 6.07) is 17.5. The van der Waals surface area contributed by atoms with E-state index in [0.717, 1.165) is 48.0 Å². The molecular formula is C24H22N4O2S. The highest BCUT2D eigenvalue weighted by molar-refractivity contribution is 7.80. The van der Waals surface area contributed by atoms with Crippen molar-refractivity contribution in [2.75, 3.05) is 6.61 Å². The van der Waals surface area contributed by atoms with Crippen LogP contribution >= 0.6 is 12.2 Å². The van der Waals surface area contributed by atoms with E-state index >= 15 is 0 Å². The minimum Gasteiger partial charge on any atom is -0.494 e. The van der Waals surface area contributed by atoms with Gasteiger partial charge in [-0.05, 0) is 67.9 Å². The van der Waals surface area contributed by atoms with Crippen molar-refractivity contribution in [2.24, 2.45) is 0 Å². The topological polar surface area (TPSA) is 79.1 Å². The molecule has 1 aliphatic rings. The van der Waals surface area contributed by atoms with Crippen molar-refractivity contribution in [3.8, 4) is 11.8 Å². The minimum atomic E-state index is -0.205. The van der Waals surface area contributed by atoms with Crippen LogP contribution < -0.4 is 15.4 Å². The van der Waals surface area contributed by atoms with Crippen molar-refractivity contribution < 1.29 is 9.53 Å². The first-order chi connectivity index (χ1) is 15.1. The summed E-state index contributed by atoms with van der Waals surface area (Å²) in [6.07, 6.45) is 6.95. The van der Waals surface area contributed by atoms with E-state index in [9.17, 15) is 4.79 Å². The van der Waals surface area contributed by atoms with Gasteiger partial charge in [0, 0.05) is 29.2 Å². The van der Waals surface area contributed by atoms with Gasteiger partial charge in [0.2, 0.25) is 0 Å². The third kappa shape index (κ3) is 4.93. The Bertz CT molecular complexity index is 1190. The molecule has 2 heterocycles. The van der Waals surface area contributed by atoms with E-state index in [1.54, 1.807) is 12.1 Å². The number of fused-ring (bicyclic) bond motifs is 1. The van der Waals surface area contributed by atoms with Gasteiger partial charge in [-0.25, -0.2) is 0 Å².